The third-order valence-electron chi connectivity index (χ3n) is 4.09. The average Bonchev–Trinajstić information content (AvgIpc) is 3.16. The van der Waals surface area contributed by atoms with E-state index in [1.165, 1.54) is 23.9 Å². The lowest BCUT2D eigenvalue weighted by Crippen LogP contribution is -2.35. The van der Waals surface area contributed by atoms with E-state index in [-0.39, 0.29) is 5.82 Å². The molecule has 0 spiro atoms. The fraction of sp³-hybridized carbons (Fsp3) is 0.150. The summed E-state index contributed by atoms with van der Waals surface area (Å²) in [7, 11) is 1.42. The van der Waals surface area contributed by atoms with Gasteiger partial charge >= 0.3 is 0 Å². The molecular weight excluding hydrogens is 333 g/mol. The summed E-state index contributed by atoms with van der Waals surface area (Å²) in [5.74, 6) is -1.56. The Morgan fingerprint density at radius 2 is 1.77 bits per heavy atom. The smallest absolute Gasteiger partial charge is 0.289 e. The molecule has 3 aromatic rings. The van der Waals surface area contributed by atoms with Gasteiger partial charge in [0.2, 0.25) is 5.78 Å². The molecule has 1 unspecified atom stereocenters. The van der Waals surface area contributed by atoms with E-state index in [0.29, 0.717) is 12.1 Å². The van der Waals surface area contributed by atoms with Crippen LogP contribution in [0.25, 0.3) is 11.3 Å². The van der Waals surface area contributed by atoms with Gasteiger partial charge in [-0.25, -0.2) is 4.39 Å². The summed E-state index contributed by atoms with van der Waals surface area (Å²) in [6, 6.07) is 16.4. The number of carbonyl (C=O) groups is 2. The Labute approximate surface area is 150 Å². The van der Waals surface area contributed by atoms with Gasteiger partial charge in [0.05, 0.1) is 5.69 Å². The molecule has 1 N–H and O–H groups in total. The molecule has 1 heterocycles. The third kappa shape index (κ3) is 3.85. The van der Waals surface area contributed by atoms with Gasteiger partial charge in [0.1, 0.15) is 11.9 Å². The number of carbonyl (C=O) groups excluding carboxylic acids is 2. The first-order chi connectivity index (χ1) is 12.6. The maximum Gasteiger partial charge on any atom is 0.289 e. The number of halogens is 1. The highest BCUT2D eigenvalue weighted by Gasteiger charge is 2.27. The second-order valence-corrected chi connectivity index (χ2v) is 5.84. The van der Waals surface area contributed by atoms with Gasteiger partial charge in [-0.3, -0.25) is 14.3 Å². The van der Waals surface area contributed by atoms with Crippen molar-refractivity contribution in [1.29, 1.82) is 0 Å². The zero-order valence-electron chi connectivity index (χ0n) is 14.2. The largest absolute Gasteiger partial charge is 0.353 e. The number of nitrogens with zero attached hydrogens (tertiary/aromatic N) is 2. The number of Topliss-reactive ketones (excluding diaryl/α,β-unsaturated/α-hetero) is 1. The molecular formula is C20H18FN3O2. The second kappa shape index (κ2) is 7.74. The zero-order chi connectivity index (χ0) is 18.5. The van der Waals surface area contributed by atoms with Crippen molar-refractivity contribution in [2.75, 3.05) is 7.05 Å². The number of amides is 1. The number of hydrogen-bond acceptors (Lipinski definition) is 3. The number of ketones is 1. The van der Waals surface area contributed by atoms with Gasteiger partial charge in [0.25, 0.3) is 5.91 Å². The highest BCUT2D eigenvalue weighted by Crippen LogP contribution is 2.21. The van der Waals surface area contributed by atoms with Crippen molar-refractivity contribution >= 4 is 11.7 Å². The summed E-state index contributed by atoms with van der Waals surface area (Å²) in [5.41, 5.74) is 2.26. The van der Waals surface area contributed by atoms with Crippen LogP contribution in [0.2, 0.25) is 0 Å². The predicted octanol–water partition coefficient (Wildman–Crippen LogP) is 2.79. The summed E-state index contributed by atoms with van der Waals surface area (Å²) in [6.45, 7) is 0. The summed E-state index contributed by atoms with van der Waals surface area (Å²) >= 11 is 0. The first kappa shape index (κ1) is 17.5. The molecule has 0 aliphatic carbocycles. The van der Waals surface area contributed by atoms with Gasteiger partial charge in [-0.05, 0) is 35.9 Å². The van der Waals surface area contributed by atoms with Crippen LogP contribution in [0.15, 0.2) is 66.9 Å². The van der Waals surface area contributed by atoms with Crippen LogP contribution in [0.5, 0.6) is 0 Å². The van der Waals surface area contributed by atoms with Crippen LogP contribution in [0.3, 0.4) is 0 Å². The fourth-order valence-electron chi connectivity index (χ4n) is 2.70. The van der Waals surface area contributed by atoms with Gasteiger partial charge in [-0.15, -0.1) is 0 Å². The number of aromatic nitrogens is 2. The standard InChI is InChI=1S/C20H18FN3O2/c1-22-20(26)19(25)18(13-14-5-3-2-4-6-14)24-12-11-17(23-24)15-7-9-16(21)10-8-15/h2-12,18H,13H2,1H3,(H,22,26). The number of benzene rings is 2. The molecule has 2 aromatic carbocycles. The Balaban J connectivity index is 1.92. The lowest BCUT2D eigenvalue weighted by molar-refractivity contribution is -0.139. The van der Waals surface area contributed by atoms with Crippen LogP contribution < -0.4 is 5.32 Å². The van der Waals surface area contributed by atoms with Crippen LogP contribution in [-0.2, 0) is 16.0 Å². The first-order valence-electron chi connectivity index (χ1n) is 8.19. The quantitative estimate of drug-likeness (QED) is 0.695. The van der Waals surface area contributed by atoms with Crippen LogP contribution in [0.4, 0.5) is 4.39 Å². The predicted molar refractivity (Wildman–Crippen MR) is 95.9 cm³/mol. The minimum Gasteiger partial charge on any atom is -0.353 e. The van der Waals surface area contributed by atoms with Crippen LogP contribution >= 0.6 is 0 Å². The van der Waals surface area contributed by atoms with Gasteiger partial charge < -0.3 is 5.32 Å². The number of hydrogen-bond donors (Lipinski definition) is 1. The summed E-state index contributed by atoms with van der Waals surface area (Å²) in [6.07, 6.45) is 2.00. The molecule has 0 fully saturated rings. The lowest BCUT2D eigenvalue weighted by atomic mass is 10.0. The monoisotopic (exact) mass is 351 g/mol. The SMILES string of the molecule is CNC(=O)C(=O)C(Cc1ccccc1)n1ccc(-c2ccc(F)cc2)n1. The molecule has 0 saturated heterocycles. The maximum absolute atomic E-state index is 13.1. The Kier molecular flexibility index (Phi) is 5.22. The molecule has 1 amide bonds. The minimum atomic E-state index is -0.758. The summed E-state index contributed by atoms with van der Waals surface area (Å²) in [4.78, 5) is 24.4. The minimum absolute atomic E-state index is 0.329. The topological polar surface area (TPSA) is 64.0 Å². The average molecular weight is 351 g/mol. The Hall–Kier alpha value is -3.28. The van der Waals surface area contributed by atoms with Crippen LogP contribution in [0.1, 0.15) is 11.6 Å². The van der Waals surface area contributed by atoms with Gasteiger partial charge in [0, 0.05) is 25.2 Å². The van der Waals surface area contributed by atoms with E-state index >= 15 is 0 Å². The van der Waals surface area contributed by atoms with E-state index in [0.717, 1.165) is 11.1 Å². The number of likely N-dealkylation sites (N-methyl/N-ethyl adjacent to an activating group) is 1. The Morgan fingerprint density at radius 1 is 1.08 bits per heavy atom. The van der Waals surface area contributed by atoms with E-state index in [2.05, 4.69) is 10.4 Å². The molecule has 6 heteroatoms. The van der Waals surface area contributed by atoms with E-state index in [9.17, 15) is 14.0 Å². The van der Waals surface area contributed by atoms with Gasteiger partial charge in [-0.2, -0.15) is 5.10 Å². The van der Waals surface area contributed by atoms with E-state index in [1.54, 1.807) is 24.4 Å². The third-order valence-corrected chi connectivity index (χ3v) is 4.09. The fourth-order valence-corrected chi connectivity index (χ4v) is 2.70. The highest BCUT2D eigenvalue weighted by molar-refractivity contribution is 6.37. The van der Waals surface area contributed by atoms with Crippen molar-refractivity contribution in [1.82, 2.24) is 15.1 Å². The molecule has 5 nitrogen and oxygen atoms in total. The van der Waals surface area contributed by atoms with Crippen LogP contribution in [0, 0.1) is 5.82 Å². The molecule has 132 valence electrons. The van der Waals surface area contributed by atoms with Crippen LogP contribution in [-0.4, -0.2) is 28.5 Å². The van der Waals surface area contributed by atoms with Crippen molar-refractivity contribution in [3.8, 4) is 11.3 Å². The lowest BCUT2D eigenvalue weighted by Gasteiger charge is -2.16. The Morgan fingerprint density at radius 3 is 2.42 bits per heavy atom. The summed E-state index contributed by atoms with van der Waals surface area (Å²) < 4.78 is 14.6. The molecule has 1 aromatic heterocycles. The normalized spacial score (nSPS) is 11.8. The Bertz CT molecular complexity index is 904. The molecule has 0 saturated carbocycles. The number of nitrogens with one attached hydrogen (secondary N) is 1. The van der Waals surface area contributed by atoms with Gasteiger partial charge in [0.15, 0.2) is 0 Å². The van der Waals surface area contributed by atoms with Crippen molar-refractivity contribution in [3.05, 3.63) is 78.2 Å². The zero-order valence-corrected chi connectivity index (χ0v) is 14.2. The molecule has 26 heavy (non-hydrogen) atoms. The van der Waals surface area contributed by atoms with Gasteiger partial charge in [-0.1, -0.05) is 30.3 Å². The second-order valence-electron chi connectivity index (χ2n) is 5.84. The molecule has 0 radical (unpaired) electrons. The van der Waals surface area contributed by atoms with E-state index in [4.69, 9.17) is 0 Å². The molecule has 0 bridgehead atoms. The van der Waals surface area contributed by atoms with Crippen molar-refractivity contribution in [3.63, 3.8) is 0 Å². The first-order valence-corrected chi connectivity index (χ1v) is 8.19. The highest BCUT2D eigenvalue weighted by atomic mass is 19.1. The molecule has 0 aliphatic heterocycles. The molecule has 0 aliphatic rings. The maximum atomic E-state index is 13.1. The van der Waals surface area contributed by atoms with E-state index in [1.807, 2.05) is 30.3 Å². The molecule has 3 rings (SSSR count). The van der Waals surface area contributed by atoms with Crippen molar-refractivity contribution in [2.24, 2.45) is 0 Å². The van der Waals surface area contributed by atoms with E-state index < -0.39 is 17.7 Å². The molecule has 1 atom stereocenters. The van der Waals surface area contributed by atoms with Crippen molar-refractivity contribution in [2.45, 2.75) is 12.5 Å². The number of rotatable bonds is 6. The summed E-state index contributed by atoms with van der Waals surface area (Å²) in [5, 5.41) is 6.81. The van der Waals surface area contributed by atoms with Crippen molar-refractivity contribution < 1.29 is 14.0 Å².